The maximum atomic E-state index is 11.7. The summed E-state index contributed by atoms with van der Waals surface area (Å²) in [5.41, 5.74) is -9.24. The summed E-state index contributed by atoms with van der Waals surface area (Å²) in [7, 11) is 1.35. The van der Waals surface area contributed by atoms with Crippen molar-refractivity contribution < 1.29 is 235 Å². The van der Waals surface area contributed by atoms with E-state index in [9.17, 15) is 76.7 Å². The molecule has 10 rings (SSSR count). The molecule has 0 aliphatic carbocycles. The molecule has 6 radical (unpaired) electrons. The molecule has 2 aromatic carbocycles. The van der Waals surface area contributed by atoms with Crippen molar-refractivity contribution in [3.05, 3.63) is 136 Å². The fourth-order valence-electron chi connectivity index (χ4n) is 5.63. The van der Waals surface area contributed by atoms with Gasteiger partial charge in [0.1, 0.15) is 10.8 Å². The number of hydrogen-bond acceptors (Lipinski definition) is 16. The number of carbonyl (C=O) groups is 8. The van der Waals surface area contributed by atoms with Crippen LogP contribution in [-0.4, -0.2) is 51.8 Å². The van der Waals surface area contributed by atoms with Crippen LogP contribution in [-0.2, 0) is 242 Å². The standard InChI is InChI=1S/C11H6N2O4.C10H4N2O4.2C5H2N2O4.CH3.6Y/c1-13-10(16)6-2-4-5(3-7(6)11(13)17)9(15)12-8(4)14;13-7-3-1-4-6(10(16)12-8(4)14)2-5(3)9(15)11-7;2*8-1-5(2(9)6-1)3(10)7-4(5)11;;;;;;;/h2-3H,1H3,(H,12,14,15);1-2H,(H2,11,12,13,14,15,16);2*(H2,6,7,8,9,10,11);1H3;;;;;;/q;;;;-1;;;;;;/p-7. The van der Waals surface area contributed by atoms with E-state index < -0.39 is 103 Å². The van der Waals surface area contributed by atoms with Crippen molar-refractivity contribution in [1.82, 2.24) is 19.5 Å². The normalized spacial score (nSPS) is 15.2. The molecule has 62 heavy (non-hydrogen) atoms. The molecule has 4 aromatic heterocycles. The number of carbonyl (C=O) groups excluding carboxylic acids is 8. The molecule has 0 bridgehead atoms. The van der Waals surface area contributed by atoms with Crippen LogP contribution < -0.4 is 59.4 Å². The Kier molecular flexibility index (Phi) is 21.0. The molecule has 8 amide bonds. The number of β-lactam (4-membered cyclic amide) rings is 8. The molecule has 4 fully saturated rings. The molecule has 0 N–H and O–H groups in total. The minimum absolute atomic E-state index is 0. The van der Waals surface area contributed by atoms with Gasteiger partial charge >= 0.3 is 0 Å². The van der Waals surface area contributed by atoms with E-state index in [2.05, 4.69) is 36.2 Å². The van der Waals surface area contributed by atoms with Crippen molar-refractivity contribution in [3.8, 4) is 0 Å². The van der Waals surface area contributed by atoms with Gasteiger partial charge in [0.25, 0.3) is 11.1 Å². The smallest absolute Gasteiger partial charge is 0.261 e. The maximum Gasteiger partial charge on any atom is 0.261 e. The van der Waals surface area contributed by atoms with Gasteiger partial charge in [-0.1, -0.05) is 0 Å². The molecule has 2 spiro atoms. The largest absolute Gasteiger partial charge is 0.593 e. The summed E-state index contributed by atoms with van der Waals surface area (Å²) >= 11 is 0. The first-order valence-corrected chi connectivity index (χ1v) is 14.6. The third kappa shape index (κ3) is 8.90. The average molecular weight is 1300 g/mol. The monoisotopic (exact) mass is 1300 g/mol. The van der Waals surface area contributed by atoms with Crippen molar-refractivity contribution in [2.45, 2.75) is 0 Å². The fourth-order valence-corrected chi connectivity index (χ4v) is 5.63. The third-order valence-electron chi connectivity index (χ3n) is 8.76. The quantitative estimate of drug-likeness (QED) is 0.0780. The van der Waals surface area contributed by atoms with Gasteiger partial charge in [-0.15, -0.1) is 0 Å². The Morgan fingerprint density at radius 1 is 0.323 bits per heavy atom. The van der Waals surface area contributed by atoms with E-state index in [0.29, 0.717) is 0 Å². The summed E-state index contributed by atoms with van der Waals surface area (Å²) in [6.07, 6.45) is 0. The number of amides is 8. The first-order chi connectivity index (χ1) is 25.8. The average Bonchev–Trinajstić information content (AvgIpc) is 3.74. The van der Waals surface area contributed by atoms with E-state index >= 15 is 0 Å². The summed E-state index contributed by atoms with van der Waals surface area (Å²) in [5.74, 6) is -7.83. The molecule has 300 valence electrons. The summed E-state index contributed by atoms with van der Waals surface area (Å²) in [6.45, 7) is 0. The molecular formula is C32H10N8O16Y6-8. The second-order valence-corrected chi connectivity index (χ2v) is 11.6. The number of fused-ring (bicyclic) bond motifs is 4. The molecule has 24 nitrogen and oxygen atoms in total. The molecule has 4 saturated heterocycles. The van der Waals surface area contributed by atoms with Crippen LogP contribution in [0.15, 0.2) is 62.6 Å². The van der Waals surface area contributed by atoms with E-state index in [1.165, 1.54) is 31.3 Å². The predicted octanol–water partition coefficient (Wildman–Crippen LogP) is -5.03. The van der Waals surface area contributed by atoms with Gasteiger partial charge < -0.3 is 111 Å². The van der Waals surface area contributed by atoms with Crippen LogP contribution in [0.3, 0.4) is 0 Å². The van der Waals surface area contributed by atoms with E-state index in [1.807, 2.05) is 0 Å². The molecule has 4 aliphatic rings. The zero-order valence-corrected chi connectivity index (χ0v) is 47.9. The molecular weight excluding hydrogens is 1290 g/mol. The van der Waals surface area contributed by atoms with Crippen molar-refractivity contribution in [2.24, 2.45) is 17.9 Å². The number of imide groups is 4. The van der Waals surface area contributed by atoms with Crippen LogP contribution in [0.25, 0.3) is 64.4 Å². The molecule has 0 atom stereocenters. The molecule has 0 unspecified atom stereocenters. The van der Waals surface area contributed by atoms with Crippen LogP contribution in [0.2, 0.25) is 0 Å². The number of benzene rings is 2. The number of nitrogens with zero attached hydrogens (tertiary/aromatic N) is 8. The molecule has 4 aliphatic heterocycles. The van der Waals surface area contributed by atoms with E-state index in [0.717, 1.165) is 4.57 Å². The summed E-state index contributed by atoms with van der Waals surface area (Å²) in [6, 6.07) is 4.95. The van der Waals surface area contributed by atoms with Crippen LogP contribution in [0, 0.1) is 18.3 Å². The van der Waals surface area contributed by atoms with Crippen LogP contribution in [0.4, 0.5) is 0 Å². The summed E-state index contributed by atoms with van der Waals surface area (Å²) in [5, 5.41) is 12.0. The Morgan fingerprint density at radius 3 is 0.629 bits per heavy atom. The van der Waals surface area contributed by atoms with Crippen molar-refractivity contribution in [2.75, 3.05) is 0 Å². The number of rotatable bonds is 0. The zero-order chi connectivity index (χ0) is 40.2. The van der Waals surface area contributed by atoms with Gasteiger partial charge in [-0.25, -0.2) is 0 Å². The van der Waals surface area contributed by atoms with E-state index in [4.69, 9.17) is 0 Å². The van der Waals surface area contributed by atoms with Gasteiger partial charge in [-0.3, -0.25) is 14.2 Å². The molecule has 8 heterocycles. The van der Waals surface area contributed by atoms with Gasteiger partial charge in [-0.05, 0) is 24.3 Å². The van der Waals surface area contributed by atoms with Crippen LogP contribution >= 0.6 is 0 Å². The number of aromatic nitrogens is 4. The Morgan fingerprint density at radius 2 is 0.484 bits per heavy atom. The fraction of sp³-hybridized carbons (Fsp3) is 0.0938. The SMILES string of the molecule is Cn1c(=O)c2cc3c(=O)[n-]c(=O)c3cc2c1=O.O=C1[N-]C(=O)C12C(=O)[N-]C2=O.O=C1[N-]C(=O)C12C(=O)[N-]C2=O.O=c1[n-]c(=O)c2cc3c(=O)[n-]c(=O)c3cc12.[CH3-].[Y].[Y].[Y].[Y].[Y].[Y]. The van der Waals surface area contributed by atoms with E-state index in [-0.39, 0.29) is 247 Å². The van der Waals surface area contributed by atoms with Gasteiger partial charge in [0.05, 0.1) is 91.4 Å². The Bertz CT molecular complexity index is 2980. The van der Waals surface area contributed by atoms with Crippen molar-refractivity contribution >= 4 is 90.3 Å². The van der Waals surface area contributed by atoms with Gasteiger partial charge in [0.15, 0.2) is 0 Å². The first-order valence-electron chi connectivity index (χ1n) is 14.6. The van der Waals surface area contributed by atoms with Gasteiger partial charge in [0.2, 0.25) is 0 Å². The zero-order valence-electron chi connectivity index (χ0n) is 30.9. The second kappa shape index (κ2) is 21.7. The second-order valence-electron chi connectivity index (χ2n) is 11.6. The summed E-state index contributed by atoms with van der Waals surface area (Å²) in [4.78, 5) is 185. The first kappa shape index (κ1) is 60.2. The van der Waals surface area contributed by atoms with Gasteiger partial charge in [-0.2, -0.15) is 0 Å². The Hall–Kier alpha value is -1.82. The van der Waals surface area contributed by atoms with E-state index in [1.54, 1.807) is 0 Å². The van der Waals surface area contributed by atoms with Crippen LogP contribution in [0.1, 0.15) is 0 Å². The maximum absolute atomic E-state index is 11.7. The topological polar surface area (TPSA) is 377 Å². The summed E-state index contributed by atoms with van der Waals surface area (Å²) < 4.78 is 0.950. The molecule has 6 aromatic rings. The predicted molar refractivity (Wildman–Crippen MR) is 182 cm³/mol. The third-order valence-corrected chi connectivity index (χ3v) is 8.76. The molecule has 0 saturated carbocycles. The number of hydrogen-bond donors (Lipinski definition) is 0. The van der Waals surface area contributed by atoms with Crippen LogP contribution in [0.5, 0.6) is 0 Å². The Labute approximate surface area is 490 Å². The minimum atomic E-state index is -2.11. The minimum Gasteiger partial charge on any atom is -0.593 e. The van der Waals surface area contributed by atoms with Crippen molar-refractivity contribution in [3.63, 3.8) is 0 Å². The van der Waals surface area contributed by atoms with Crippen molar-refractivity contribution in [1.29, 1.82) is 0 Å². The Balaban J connectivity index is 0.000000783. The van der Waals surface area contributed by atoms with Gasteiger partial charge in [0, 0.05) is 236 Å². The molecule has 30 heteroatoms.